The first-order chi connectivity index (χ1) is 8.15. The van der Waals surface area contributed by atoms with Gasteiger partial charge in [0.25, 0.3) is 0 Å². The van der Waals surface area contributed by atoms with Crippen LogP contribution in [0.5, 0.6) is 0 Å². The molecule has 1 heterocycles. The van der Waals surface area contributed by atoms with Crippen LogP contribution in [-0.4, -0.2) is 26.0 Å². The maximum absolute atomic E-state index is 12.2. The van der Waals surface area contributed by atoms with Gasteiger partial charge in [-0.05, 0) is 24.9 Å². The zero-order valence-corrected chi connectivity index (χ0v) is 10.9. The van der Waals surface area contributed by atoms with Gasteiger partial charge in [-0.15, -0.1) is 0 Å². The quantitative estimate of drug-likeness (QED) is 0.876. The number of hydrogen-bond donors (Lipinski definition) is 1. The van der Waals surface area contributed by atoms with E-state index in [0.29, 0.717) is 18.6 Å². The number of nitrogens with one attached hydrogen (secondary N) is 1. The van der Waals surface area contributed by atoms with Crippen molar-refractivity contribution in [3.63, 3.8) is 0 Å². The van der Waals surface area contributed by atoms with Crippen molar-refractivity contribution < 1.29 is 8.42 Å². The molecule has 17 heavy (non-hydrogen) atoms. The Balaban J connectivity index is 2.37. The molecule has 2 atom stereocenters. The van der Waals surface area contributed by atoms with Crippen molar-refractivity contribution in [1.29, 1.82) is 0 Å². The molecule has 2 unspecified atom stereocenters. The van der Waals surface area contributed by atoms with Crippen LogP contribution in [-0.2, 0) is 9.84 Å². The summed E-state index contributed by atoms with van der Waals surface area (Å²) >= 11 is 0. The van der Waals surface area contributed by atoms with E-state index in [-0.39, 0.29) is 11.3 Å². The van der Waals surface area contributed by atoms with Crippen LogP contribution in [0.3, 0.4) is 0 Å². The molecule has 0 radical (unpaired) electrons. The van der Waals surface area contributed by atoms with Crippen LogP contribution in [0.25, 0.3) is 0 Å². The van der Waals surface area contributed by atoms with Crippen molar-refractivity contribution in [3.8, 4) is 0 Å². The topological polar surface area (TPSA) is 46.2 Å². The minimum atomic E-state index is -2.97. The Hall–Kier alpha value is -0.870. The van der Waals surface area contributed by atoms with E-state index in [1.54, 1.807) is 0 Å². The largest absolute Gasteiger partial charge is 0.309 e. The summed E-state index contributed by atoms with van der Waals surface area (Å²) in [6.45, 7) is 2.72. The number of sulfone groups is 1. The lowest BCUT2D eigenvalue weighted by molar-refractivity contribution is 0.496. The minimum absolute atomic E-state index is 0.0614. The lowest BCUT2D eigenvalue weighted by Crippen LogP contribution is -2.34. The van der Waals surface area contributed by atoms with E-state index in [1.807, 2.05) is 37.3 Å². The molecule has 3 nitrogen and oxygen atoms in total. The summed E-state index contributed by atoms with van der Waals surface area (Å²) in [6, 6.07) is 9.81. The number of rotatable bonds is 2. The molecule has 0 saturated carbocycles. The van der Waals surface area contributed by atoms with E-state index in [4.69, 9.17) is 0 Å². The van der Waals surface area contributed by atoms with Crippen molar-refractivity contribution in [2.24, 2.45) is 0 Å². The van der Waals surface area contributed by atoms with Gasteiger partial charge in [0, 0.05) is 6.04 Å². The van der Waals surface area contributed by atoms with Crippen LogP contribution in [0.4, 0.5) is 0 Å². The standard InChI is InChI=1S/C13H19NO2S/c1-2-12-13(11-7-4-3-5-8-11)14-9-6-10-17(12,15)16/h3-5,7-8,12-14H,2,6,9-10H2,1H3. The van der Waals surface area contributed by atoms with Crippen LogP contribution in [0.2, 0.25) is 0 Å². The lowest BCUT2D eigenvalue weighted by Gasteiger charge is -2.24. The predicted octanol–water partition coefficient (Wildman–Crippen LogP) is 1.91. The highest BCUT2D eigenvalue weighted by Gasteiger charge is 2.34. The SMILES string of the molecule is CCC1C(c2ccccc2)NCCCS1(=O)=O. The molecule has 0 aromatic heterocycles. The van der Waals surface area contributed by atoms with Crippen LogP contribution >= 0.6 is 0 Å². The maximum Gasteiger partial charge on any atom is 0.155 e. The first-order valence-electron chi connectivity index (χ1n) is 6.15. The maximum atomic E-state index is 12.2. The highest BCUT2D eigenvalue weighted by Crippen LogP contribution is 2.27. The van der Waals surface area contributed by atoms with Crippen LogP contribution < -0.4 is 5.32 Å². The Morgan fingerprint density at radius 1 is 1.29 bits per heavy atom. The molecular weight excluding hydrogens is 234 g/mol. The Morgan fingerprint density at radius 3 is 2.65 bits per heavy atom. The number of hydrogen-bond acceptors (Lipinski definition) is 3. The molecule has 1 saturated heterocycles. The van der Waals surface area contributed by atoms with Crippen LogP contribution in [0, 0.1) is 0 Å². The first kappa shape index (κ1) is 12.6. The monoisotopic (exact) mass is 253 g/mol. The molecule has 4 heteroatoms. The second kappa shape index (κ2) is 5.19. The molecule has 1 aromatic rings. The third kappa shape index (κ3) is 2.69. The van der Waals surface area contributed by atoms with Gasteiger partial charge in [-0.3, -0.25) is 0 Å². The molecule has 2 rings (SSSR count). The molecule has 1 fully saturated rings. The van der Waals surface area contributed by atoms with E-state index >= 15 is 0 Å². The normalized spacial score (nSPS) is 28.5. The van der Waals surface area contributed by atoms with E-state index < -0.39 is 9.84 Å². The summed E-state index contributed by atoms with van der Waals surface area (Å²) in [6.07, 6.45) is 1.37. The van der Waals surface area contributed by atoms with Gasteiger partial charge in [-0.1, -0.05) is 37.3 Å². The minimum Gasteiger partial charge on any atom is -0.309 e. The third-order valence-electron chi connectivity index (χ3n) is 3.36. The van der Waals surface area contributed by atoms with Crippen molar-refractivity contribution in [1.82, 2.24) is 5.32 Å². The summed E-state index contributed by atoms with van der Waals surface area (Å²) in [5, 5.41) is 3.08. The summed E-state index contributed by atoms with van der Waals surface area (Å²) in [7, 11) is -2.97. The van der Waals surface area contributed by atoms with E-state index in [0.717, 1.165) is 12.1 Å². The molecule has 94 valence electrons. The van der Waals surface area contributed by atoms with Crippen LogP contribution in [0.1, 0.15) is 31.4 Å². The second-order valence-corrected chi connectivity index (χ2v) is 6.85. The molecule has 0 spiro atoms. The average molecular weight is 253 g/mol. The molecule has 1 aliphatic heterocycles. The Kier molecular flexibility index (Phi) is 3.84. The van der Waals surface area contributed by atoms with Gasteiger partial charge in [-0.2, -0.15) is 0 Å². The van der Waals surface area contributed by atoms with Gasteiger partial charge >= 0.3 is 0 Å². The van der Waals surface area contributed by atoms with Gasteiger partial charge in [0.1, 0.15) is 0 Å². The van der Waals surface area contributed by atoms with Gasteiger partial charge in [0.2, 0.25) is 0 Å². The average Bonchev–Trinajstić information content (AvgIpc) is 2.48. The Morgan fingerprint density at radius 2 is 2.00 bits per heavy atom. The molecule has 0 bridgehead atoms. The number of benzene rings is 1. The Bertz CT molecular complexity index is 456. The predicted molar refractivity (Wildman–Crippen MR) is 69.7 cm³/mol. The summed E-state index contributed by atoms with van der Waals surface area (Å²) in [5.74, 6) is 0.307. The van der Waals surface area contributed by atoms with Gasteiger partial charge in [-0.25, -0.2) is 8.42 Å². The van der Waals surface area contributed by atoms with Crippen molar-refractivity contribution in [3.05, 3.63) is 35.9 Å². The zero-order chi connectivity index (χ0) is 12.3. The van der Waals surface area contributed by atoms with Gasteiger partial charge < -0.3 is 5.32 Å². The summed E-state index contributed by atoms with van der Waals surface area (Å²) < 4.78 is 24.4. The molecule has 0 amide bonds. The molecule has 1 N–H and O–H groups in total. The second-order valence-electron chi connectivity index (χ2n) is 4.51. The third-order valence-corrected chi connectivity index (χ3v) is 5.75. The molecule has 1 aromatic carbocycles. The van der Waals surface area contributed by atoms with Crippen molar-refractivity contribution in [2.45, 2.75) is 31.1 Å². The van der Waals surface area contributed by atoms with E-state index in [9.17, 15) is 8.42 Å². The van der Waals surface area contributed by atoms with Crippen molar-refractivity contribution >= 4 is 9.84 Å². The fraction of sp³-hybridized carbons (Fsp3) is 0.538. The van der Waals surface area contributed by atoms with E-state index in [2.05, 4.69) is 5.32 Å². The fourth-order valence-electron chi connectivity index (χ4n) is 2.50. The fourth-order valence-corrected chi connectivity index (χ4v) is 4.53. The van der Waals surface area contributed by atoms with Gasteiger partial charge in [0.15, 0.2) is 9.84 Å². The molecule has 0 aliphatic carbocycles. The lowest BCUT2D eigenvalue weighted by atomic mass is 10.0. The van der Waals surface area contributed by atoms with Gasteiger partial charge in [0.05, 0.1) is 11.0 Å². The van der Waals surface area contributed by atoms with Crippen molar-refractivity contribution in [2.75, 3.05) is 12.3 Å². The summed E-state index contributed by atoms with van der Waals surface area (Å²) in [4.78, 5) is 0. The smallest absolute Gasteiger partial charge is 0.155 e. The molecular formula is C13H19NO2S. The highest BCUT2D eigenvalue weighted by molar-refractivity contribution is 7.92. The Labute approximate surface area is 103 Å². The zero-order valence-electron chi connectivity index (χ0n) is 10.1. The van der Waals surface area contributed by atoms with E-state index in [1.165, 1.54) is 0 Å². The molecule has 1 aliphatic rings. The first-order valence-corrected chi connectivity index (χ1v) is 7.86. The highest BCUT2D eigenvalue weighted by atomic mass is 32.2. The van der Waals surface area contributed by atoms with Crippen LogP contribution in [0.15, 0.2) is 30.3 Å². The summed E-state index contributed by atoms with van der Waals surface area (Å²) in [5.41, 5.74) is 1.07.